The van der Waals surface area contributed by atoms with Gasteiger partial charge in [0.15, 0.2) is 0 Å². The molecule has 0 saturated heterocycles. The number of rotatable bonds is 1. The Labute approximate surface area is 121 Å². The van der Waals surface area contributed by atoms with E-state index in [0.717, 1.165) is 6.42 Å². The molecule has 3 nitrogen and oxygen atoms in total. The summed E-state index contributed by atoms with van der Waals surface area (Å²) < 4.78 is 5.52. The number of amides is 1. The molecule has 1 aliphatic rings. The highest BCUT2D eigenvalue weighted by Gasteiger charge is 2.31. The van der Waals surface area contributed by atoms with Gasteiger partial charge in [-0.3, -0.25) is 4.90 Å². The second-order valence-corrected chi connectivity index (χ2v) is 6.09. The zero-order chi connectivity index (χ0) is 14.8. The number of hydrogen-bond acceptors (Lipinski definition) is 2. The van der Waals surface area contributed by atoms with Gasteiger partial charge < -0.3 is 4.74 Å². The van der Waals surface area contributed by atoms with Gasteiger partial charge in [-0.25, -0.2) is 4.79 Å². The van der Waals surface area contributed by atoms with Crippen molar-refractivity contribution in [1.82, 2.24) is 4.90 Å². The summed E-state index contributed by atoms with van der Waals surface area (Å²) in [4.78, 5) is 14.2. The van der Waals surface area contributed by atoms with E-state index >= 15 is 0 Å². The van der Waals surface area contributed by atoms with E-state index in [1.807, 2.05) is 44.7 Å². The second kappa shape index (κ2) is 5.70. The van der Waals surface area contributed by atoms with E-state index in [-0.39, 0.29) is 12.1 Å². The van der Waals surface area contributed by atoms with E-state index < -0.39 is 5.60 Å². The fourth-order valence-electron chi connectivity index (χ4n) is 2.51. The van der Waals surface area contributed by atoms with Crippen LogP contribution in [0.3, 0.4) is 0 Å². The van der Waals surface area contributed by atoms with Crippen LogP contribution in [0.4, 0.5) is 4.79 Å². The summed E-state index contributed by atoms with van der Waals surface area (Å²) in [6.45, 7) is 8.36. The molecular weight excluding hydrogens is 250 g/mol. The molecule has 0 aliphatic carbocycles. The topological polar surface area (TPSA) is 29.5 Å². The number of ether oxygens (including phenoxy) is 1. The van der Waals surface area contributed by atoms with Crippen molar-refractivity contribution in [2.75, 3.05) is 6.54 Å². The lowest BCUT2D eigenvalue weighted by atomic mass is 9.92. The first-order chi connectivity index (χ1) is 9.42. The van der Waals surface area contributed by atoms with Gasteiger partial charge in [-0.05, 0) is 45.2 Å². The van der Waals surface area contributed by atoms with Gasteiger partial charge in [0.1, 0.15) is 5.60 Å². The van der Waals surface area contributed by atoms with Gasteiger partial charge >= 0.3 is 6.09 Å². The monoisotopic (exact) mass is 273 g/mol. The second-order valence-electron chi connectivity index (χ2n) is 6.09. The highest BCUT2D eigenvalue weighted by molar-refractivity contribution is 5.70. The van der Waals surface area contributed by atoms with Crippen molar-refractivity contribution in [1.29, 1.82) is 0 Å². The van der Waals surface area contributed by atoms with E-state index in [0.29, 0.717) is 6.54 Å². The highest BCUT2D eigenvalue weighted by atomic mass is 16.6. The lowest BCUT2D eigenvalue weighted by molar-refractivity contribution is 0.0184. The van der Waals surface area contributed by atoms with Crippen LogP contribution in [0.2, 0.25) is 0 Å². The summed E-state index contributed by atoms with van der Waals surface area (Å²) in [7, 11) is 0. The van der Waals surface area contributed by atoms with E-state index in [9.17, 15) is 4.79 Å². The van der Waals surface area contributed by atoms with E-state index in [2.05, 4.69) is 24.3 Å². The number of hydrogen-bond donors (Lipinski definition) is 0. The van der Waals surface area contributed by atoms with Crippen molar-refractivity contribution in [3.05, 3.63) is 47.5 Å². The molecule has 0 unspecified atom stereocenters. The molecule has 1 atom stereocenters. The number of carbonyl (C=O) groups is 1. The minimum atomic E-state index is -0.464. The maximum Gasteiger partial charge on any atom is 0.411 e. The third-order valence-electron chi connectivity index (χ3n) is 3.33. The normalized spacial score (nSPS) is 19.0. The van der Waals surface area contributed by atoms with Gasteiger partial charge in [0, 0.05) is 6.54 Å². The van der Waals surface area contributed by atoms with Crippen molar-refractivity contribution in [2.45, 2.75) is 45.8 Å². The van der Waals surface area contributed by atoms with Gasteiger partial charge in [0.2, 0.25) is 0 Å². The van der Waals surface area contributed by atoms with Crippen LogP contribution in [0.1, 0.15) is 44.9 Å². The molecule has 0 saturated carbocycles. The van der Waals surface area contributed by atoms with Crippen LogP contribution in [-0.2, 0) is 11.2 Å². The van der Waals surface area contributed by atoms with Crippen LogP contribution in [0.25, 0.3) is 0 Å². The first-order valence-corrected chi connectivity index (χ1v) is 7.12. The first kappa shape index (κ1) is 14.6. The molecule has 0 spiro atoms. The Bertz CT molecular complexity index is 514. The average Bonchev–Trinajstić information content (AvgIpc) is 2.37. The standard InChI is InChI=1S/C17H23NO2/c1-5-8-15-14-10-7-6-9-13(14)11-12-18(15)16(19)20-17(2,3)4/h5-10,15H,11-12H2,1-4H3/b8-5+/t15-/m1/s1. The van der Waals surface area contributed by atoms with Crippen LogP contribution in [0, 0.1) is 0 Å². The molecule has 0 radical (unpaired) electrons. The predicted octanol–water partition coefficient (Wildman–Crippen LogP) is 4.10. The third kappa shape index (κ3) is 3.21. The van der Waals surface area contributed by atoms with E-state index in [1.54, 1.807) is 0 Å². The summed E-state index contributed by atoms with van der Waals surface area (Å²) >= 11 is 0. The molecule has 0 bridgehead atoms. The van der Waals surface area contributed by atoms with Crippen molar-refractivity contribution >= 4 is 6.09 Å². The molecule has 0 aromatic heterocycles. The highest BCUT2D eigenvalue weighted by Crippen LogP contribution is 2.31. The number of fused-ring (bicyclic) bond motifs is 1. The smallest absolute Gasteiger partial charge is 0.411 e. The Hall–Kier alpha value is -1.77. The zero-order valence-corrected chi connectivity index (χ0v) is 12.7. The van der Waals surface area contributed by atoms with Crippen LogP contribution in [0.15, 0.2) is 36.4 Å². The maximum atomic E-state index is 12.4. The third-order valence-corrected chi connectivity index (χ3v) is 3.33. The van der Waals surface area contributed by atoms with Crippen LogP contribution in [-0.4, -0.2) is 23.1 Å². The van der Waals surface area contributed by atoms with Crippen LogP contribution in [0.5, 0.6) is 0 Å². The lowest BCUT2D eigenvalue weighted by Gasteiger charge is -2.36. The Morgan fingerprint density at radius 3 is 2.70 bits per heavy atom. The average molecular weight is 273 g/mol. The number of carbonyl (C=O) groups excluding carboxylic acids is 1. The van der Waals surface area contributed by atoms with Gasteiger partial charge in [0.25, 0.3) is 0 Å². The molecular formula is C17H23NO2. The fourth-order valence-corrected chi connectivity index (χ4v) is 2.51. The Balaban J connectivity index is 2.29. The van der Waals surface area contributed by atoms with E-state index in [4.69, 9.17) is 4.74 Å². The largest absolute Gasteiger partial charge is 0.444 e. The van der Waals surface area contributed by atoms with E-state index in [1.165, 1.54) is 11.1 Å². The molecule has 1 amide bonds. The fraction of sp³-hybridized carbons (Fsp3) is 0.471. The van der Waals surface area contributed by atoms with Crippen molar-refractivity contribution in [2.24, 2.45) is 0 Å². The minimum absolute atomic E-state index is 0.0280. The van der Waals surface area contributed by atoms with Gasteiger partial charge in [-0.1, -0.05) is 36.4 Å². The molecule has 20 heavy (non-hydrogen) atoms. The Kier molecular flexibility index (Phi) is 4.17. The number of allylic oxidation sites excluding steroid dienone is 1. The number of nitrogens with zero attached hydrogens (tertiary/aromatic N) is 1. The molecule has 1 heterocycles. The van der Waals surface area contributed by atoms with Crippen molar-refractivity contribution in [3.8, 4) is 0 Å². The summed E-state index contributed by atoms with van der Waals surface area (Å²) in [5, 5.41) is 0. The predicted molar refractivity (Wildman–Crippen MR) is 80.6 cm³/mol. The molecule has 0 fully saturated rings. The molecule has 1 aliphatic heterocycles. The summed E-state index contributed by atoms with van der Waals surface area (Å²) in [5.74, 6) is 0. The maximum absolute atomic E-state index is 12.4. The zero-order valence-electron chi connectivity index (χ0n) is 12.7. The molecule has 1 aromatic carbocycles. The Morgan fingerprint density at radius 2 is 2.05 bits per heavy atom. The molecule has 0 N–H and O–H groups in total. The summed E-state index contributed by atoms with van der Waals surface area (Å²) in [6, 6.07) is 8.28. The lowest BCUT2D eigenvalue weighted by Crippen LogP contribution is -2.42. The summed E-state index contributed by atoms with van der Waals surface area (Å²) in [5.41, 5.74) is 2.05. The van der Waals surface area contributed by atoms with Gasteiger partial charge in [-0.15, -0.1) is 0 Å². The molecule has 2 rings (SSSR count). The van der Waals surface area contributed by atoms with Crippen molar-refractivity contribution in [3.63, 3.8) is 0 Å². The van der Waals surface area contributed by atoms with Gasteiger partial charge in [0.05, 0.1) is 6.04 Å². The van der Waals surface area contributed by atoms with Crippen LogP contribution >= 0.6 is 0 Å². The van der Waals surface area contributed by atoms with Crippen LogP contribution < -0.4 is 0 Å². The minimum Gasteiger partial charge on any atom is -0.444 e. The molecule has 108 valence electrons. The molecule has 1 aromatic rings. The quantitative estimate of drug-likeness (QED) is 0.721. The van der Waals surface area contributed by atoms with Crippen molar-refractivity contribution < 1.29 is 9.53 Å². The molecule has 3 heteroatoms. The SMILES string of the molecule is C/C=C/[C@@H]1c2ccccc2CCN1C(=O)OC(C)(C)C. The first-order valence-electron chi connectivity index (χ1n) is 7.12. The van der Waals surface area contributed by atoms with Gasteiger partial charge in [-0.2, -0.15) is 0 Å². The Morgan fingerprint density at radius 1 is 1.35 bits per heavy atom. The number of benzene rings is 1. The summed E-state index contributed by atoms with van der Waals surface area (Å²) in [6.07, 6.45) is 4.69.